The molecule has 2 atom stereocenters. The van der Waals surface area contributed by atoms with E-state index in [1.54, 1.807) is 13.2 Å². The van der Waals surface area contributed by atoms with Crippen LogP contribution >= 0.6 is 11.6 Å². The number of Topliss-reactive ketones (excluding diaryl/α,β-unsaturated/α-hetero) is 1. The molecule has 5 nitrogen and oxygen atoms in total. The Morgan fingerprint density at radius 1 is 0.974 bits per heavy atom. The van der Waals surface area contributed by atoms with Gasteiger partial charge in [0.25, 0.3) is 0 Å². The normalized spacial score (nSPS) is 19.1. The van der Waals surface area contributed by atoms with Crippen molar-refractivity contribution >= 4 is 23.4 Å². The maximum Gasteiger partial charge on any atom is 0.336 e. The fraction of sp³-hybridized carbons (Fsp3) is 0.250. The standard InChI is InChI=1S/C32H30ClNO4/c1-20-29(32(36)38-16-15-21-7-4-3-5-8-21)30(23-9-6-10-25(33)17-23)31-27(34-20)18-24(19-28(31)35)22-11-13-26(37-2)14-12-22/h3-14,17,24,30,34H,15-16,18-19H2,1-2H3/t24-,30-/m0/s1. The summed E-state index contributed by atoms with van der Waals surface area (Å²) in [6.07, 6.45) is 1.64. The molecule has 194 valence electrons. The Bertz CT molecular complexity index is 1410. The highest BCUT2D eigenvalue weighted by atomic mass is 35.5. The van der Waals surface area contributed by atoms with Crippen molar-refractivity contribution in [1.82, 2.24) is 5.32 Å². The SMILES string of the molecule is COc1ccc([C@@H]2CC(=O)C3=C(C2)NC(C)=C(C(=O)OCCc2ccccc2)[C@@H]3c2cccc(Cl)c2)cc1. The number of esters is 1. The van der Waals surface area contributed by atoms with E-state index in [-0.39, 0.29) is 18.3 Å². The minimum Gasteiger partial charge on any atom is -0.497 e. The van der Waals surface area contributed by atoms with Crippen LogP contribution in [0.2, 0.25) is 5.02 Å². The zero-order chi connectivity index (χ0) is 26.6. The molecule has 1 aliphatic carbocycles. The van der Waals surface area contributed by atoms with Crippen LogP contribution in [0.3, 0.4) is 0 Å². The summed E-state index contributed by atoms with van der Waals surface area (Å²) < 4.78 is 11.0. The van der Waals surface area contributed by atoms with Crippen LogP contribution < -0.4 is 10.1 Å². The number of ether oxygens (including phenoxy) is 2. The molecule has 0 bridgehead atoms. The number of halogens is 1. The molecule has 5 rings (SSSR count). The highest BCUT2D eigenvalue weighted by molar-refractivity contribution is 6.30. The van der Waals surface area contributed by atoms with Crippen molar-refractivity contribution in [3.8, 4) is 5.75 Å². The van der Waals surface area contributed by atoms with E-state index in [9.17, 15) is 9.59 Å². The van der Waals surface area contributed by atoms with Crippen LogP contribution in [0.4, 0.5) is 0 Å². The van der Waals surface area contributed by atoms with Gasteiger partial charge in [0, 0.05) is 40.7 Å². The van der Waals surface area contributed by atoms with E-state index in [1.165, 1.54) is 0 Å². The lowest BCUT2D eigenvalue weighted by atomic mass is 9.72. The Hall–Kier alpha value is -3.83. The Labute approximate surface area is 228 Å². The highest BCUT2D eigenvalue weighted by Crippen LogP contribution is 2.46. The van der Waals surface area contributed by atoms with Gasteiger partial charge in [0.15, 0.2) is 5.78 Å². The van der Waals surface area contributed by atoms with E-state index < -0.39 is 11.9 Å². The van der Waals surface area contributed by atoms with E-state index >= 15 is 0 Å². The van der Waals surface area contributed by atoms with Crippen LogP contribution in [0.25, 0.3) is 0 Å². The van der Waals surface area contributed by atoms with Crippen LogP contribution in [0.5, 0.6) is 5.75 Å². The van der Waals surface area contributed by atoms with Crippen LogP contribution in [0.1, 0.15) is 48.3 Å². The summed E-state index contributed by atoms with van der Waals surface area (Å²) in [7, 11) is 1.64. The molecule has 6 heteroatoms. The maximum absolute atomic E-state index is 13.7. The zero-order valence-corrected chi connectivity index (χ0v) is 22.3. The number of rotatable bonds is 7. The number of ketones is 1. The van der Waals surface area contributed by atoms with Gasteiger partial charge in [0.2, 0.25) is 0 Å². The van der Waals surface area contributed by atoms with Crippen molar-refractivity contribution in [3.63, 3.8) is 0 Å². The molecule has 1 N–H and O–H groups in total. The summed E-state index contributed by atoms with van der Waals surface area (Å²) in [5.74, 6) is -0.133. The van der Waals surface area contributed by atoms with Gasteiger partial charge in [0.05, 0.1) is 19.3 Å². The number of allylic oxidation sites excluding steroid dienone is 3. The fourth-order valence-electron chi connectivity index (χ4n) is 5.42. The first-order chi connectivity index (χ1) is 18.4. The predicted molar refractivity (Wildman–Crippen MR) is 148 cm³/mol. The average Bonchev–Trinajstić information content (AvgIpc) is 2.92. The molecule has 2 aliphatic rings. The summed E-state index contributed by atoms with van der Waals surface area (Å²) in [6.45, 7) is 2.12. The molecule has 38 heavy (non-hydrogen) atoms. The van der Waals surface area contributed by atoms with Crippen molar-refractivity contribution in [1.29, 1.82) is 0 Å². The van der Waals surface area contributed by atoms with Gasteiger partial charge in [-0.15, -0.1) is 0 Å². The molecule has 0 fully saturated rings. The second kappa shape index (κ2) is 11.3. The smallest absolute Gasteiger partial charge is 0.336 e. The topological polar surface area (TPSA) is 64.6 Å². The molecule has 1 aliphatic heterocycles. The van der Waals surface area contributed by atoms with E-state index in [1.807, 2.05) is 79.7 Å². The van der Waals surface area contributed by atoms with Crippen molar-refractivity contribution in [2.75, 3.05) is 13.7 Å². The van der Waals surface area contributed by atoms with Crippen molar-refractivity contribution in [2.24, 2.45) is 0 Å². The van der Waals surface area contributed by atoms with Gasteiger partial charge in [-0.05, 0) is 60.2 Å². The van der Waals surface area contributed by atoms with Gasteiger partial charge in [0.1, 0.15) is 5.75 Å². The maximum atomic E-state index is 13.7. The summed E-state index contributed by atoms with van der Waals surface area (Å²) in [5, 5.41) is 3.96. The Morgan fingerprint density at radius 3 is 2.45 bits per heavy atom. The van der Waals surface area contributed by atoms with Gasteiger partial charge < -0.3 is 14.8 Å². The van der Waals surface area contributed by atoms with E-state index in [4.69, 9.17) is 21.1 Å². The number of carbonyl (C=O) groups is 2. The molecule has 0 aromatic heterocycles. The molecular weight excluding hydrogens is 498 g/mol. The monoisotopic (exact) mass is 527 g/mol. The lowest BCUT2D eigenvalue weighted by Gasteiger charge is -2.36. The molecule has 0 amide bonds. The van der Waals surface area contributed by atoms with Crippen molar-refractivity contribution < 1.29 is 19.1 Å². The Balaban J connectivity index is 1.45. The van der Waals surface area contributed by atoms with Crippen LogP contribution in [0.15, 0.2) is 101 Å². The van der Waals surface area contributed by atoms with Gasteiger partial charge in [-0.3, -0.25) is 4.79 Å². The highest BCUT2D eigenvalue weighted by Gasteiger charge is 2.41. The number of hydrogen-bond donors (Lipinski definition) is 1. The van der Waals surface area contributed by atoms with E-state index in [0.29, 0.717) is 41.1 Å². The lowest BCUT2D eigenvalue weighted by molar-refractivity contribution is -0.139. The van der Waals surface area contributed by atoms with Gasteiger partial charge in [-0.1, -0.05) is 66.2 Å². The molecule has 0 saturated carbocycles. The summed E-state index contributed by atoms with van der Waals surface area (Å²) in [6, 6.07) is 25.1. The minimum absolute atomic E-state index is 0.0200. The van der Waals surface area contributed by atoms with Crippen LogP contribution in [-0.2, 0) is 20.7 Å². The Morgan fingerprint density at radius 2 is 1.74 bits per heavy atom. The van der Waals surface area contributed by atoms with Gasteiger partial charge >= 0.3 is 5.97 Å². The fourth-order valence-corrected chi connectivity index (χ4v) is 5.62. The third-order valence-electron chi connectivity index (χ3n) is 7.28. The molecule has 0 radical (unpaired) electrons. The predicted octanol–water partition coefficient (Wildman–Crippen LogP) is 6.50. The first-order valence-corrected chi connectivity index (χ1v) is 13.2. The van der Waals surface area contributed by atoms with E-state index in [2.05, 4.69) is 5.32 Å². The zero-order valence-electron chi connectivity index (χ0n) is 21.5. The average molecular weight is 528 g/mol. The molecule has 3 aromatic carbocycles. The van der Waals surface area contributed by atoms with Crippen molar-refractivity contribution in [2.45, 2.75) is 38.0 Å². The number of carbonyl (C=O) groups excluding carboxylic acids is 2. The number of hydrogen-bond acceptors (Lipinski definition) is 5. The second-order valence-corrected chi connectivity index (χ2v) is 10.2. The first-order valence-electron chi connectivity index (χ1n) is 12.8. The summed E-state index contributed by atoms with van der Waals surface area (Å²) in [4.78, 5) is 27.2. The molecular formula is C32H30ClNO4. The number of nitrogens with one attached hydrogen (secondary N) is 1. The number of dihydropyridines is 1. The Kier molecular flexibility index (Phi) is 7.66. The first kappa shape index (κ1) is 25.8. The largest absolute Gasteiger partial charge is 0.497 e. The molecule has 0 saturated heterocycles. The van der Waals surface area contributed by atoms with Gasteiger partial charge in [-0.25, -0.2) is 4.79 Å². The van der Waals surface area contributed by atoms with Crippen LogP contribution in [0, 0.1) is 0 Å². The molecule has 0 spiro atoms. The third-order valence-corrected chi connectivity index (χ3v) is 7.52. The number of benzene rings is 3. The number of methoxy groups -OCH3 is 1. The second-order valence-electron chi connectivity index (χ2n) is 9.72. The molecule has 3 aromatic rings. The molecule has 1 heterocycles. The quantitative estimate of drug-likeness (QED) is 0.355. The lowest BCUT2D eigenvalue weighted by Crippen LogP contribution is -2.36. The van der Waals surface area contributed by atoms with Gasteiger partial charge in [-0.2, -0.15) is 0 Å². The molecule has 0 unspecified atom stereocenters. The van der Waals surface area contributed by atoms with E-state index in [0.717, 1.165) is 28.1 Å². The summed E-state index contributed by atoms with van der Waals surface area (Å²) in [5.41, 5.74) is 5.60. The van der Waals surface area contributed by atoms with Crippen LogP contribution in [-0.4, -0.2) is 25.5 Å². The third kappa shape index (κ3) is 5.39. The minimum atomic E-state index is -0.543. The van der Waals surface area contributed by atoms with Crippen molar-refractivity contribution in [3.05, 3.63) is 123 Å². The summed E-state index contributed by atoms with van der Waals surface area (Å²) >= 11 is 6.36.